The first-order valence-corrected chi connectivity index (χ1v) is 7.85. The van der Waals surface area contributed by atoms with E-state index in [1.807, 2.05) is 0 Å². The number of nitrogens with two attached hydrogens (primary N) is 1. The van der Waals surface area contributed by atoms with Crippen LogP contribution in [0.5, 0.6) is 0 Å². The molecule has 2 N–H and O–H groups in total. The van der Waals surface area contributed by atoms with Crippen LogP contribution >= 0.6 is 0 Å². The van der Waals surface area contributed by atoms with Gasteiger partial charge >= 0.3 is 0 Å². The SMILES string of the molecule is Cc1ccc2nc(-c3ccc(C)c(C)c3)c(CCCN)n2c1. The second-order valence-corrected chi connectivity index (χ2v) is 6.03. The van der Waals surface area contributed by atoms with E-state index in [0.29, 0.717) is 6.54 Å². The molecule has 1 aromatic carbocycles. The summed E-state index contributed by atoms with van der Waals surface area (Å²) >= 11 is 0. The van der Waals surface area contributed by atoms with E-state index in [4.69, 9.17) is 10.7 Å². The maximum atomic E-state index is 5.72. The van der Waals surface area contributed by atoms with Crippen molar-refractivity contribution in [3.63, 3.8) is 0 Å². The molecule has 0 aliphatic rings. The van der Waals surface area contributed by atoms with Crippen LogP contribution in [0.25, 0.3) is 16.9 Å². The Labute approximate surface area is 131 Å². The van der Waals surface area contributed by atoms with Crippen molar-refractivity contribution >= 4 is 5.65 Å². The largest absolute Gasteiger partial charge is 0.330 e. The molecule has 0 unspecified atom stereocenters. The highest BCUT2D eigenvalue weighted by Gasteiger charge is 2.14. The van der Waals surface area contributed by atoms with Crippen molar-refractivity contribution in [1.82, 2.24) is 9.38 Å². The normalized spacial score (nSPS) is 11.3. The van der Waals surface area contributed by atoms with Crippen molar-refractivity contribution in [2.24, 2.45) is 5.73 Å². The summed E-state index contributed by atoms with van der Waals surface area (Å²) in [5.74, 6) is 0. The molecule has 0 bridgehead atoms. The minimum atomic E-state index is 0.700. The first-order chi connectivity index (χ1) is 10.6. The van der Waals surface area contributed by atoms with Gasteiger partial charge in [-0.2, -0.15) is 0 Å². The van der Waals surface area contributed by atoms with Crippen molar-refractivity contribution < 1.29 is 0 Å². The minimum Gasteiger partial charge on any atom is -0.330 e. The van der Waals surface area contributed by atoms with Crippen LogP contribution in [-0.2, 0) is 6.42 Å². The molecule has 0 spiro atoms. The summed E-state index contributed by atoms with van der Waals surface area (Å²) in [6, 6.07) is 10.8. The molecule has 0 saturated heterocycles. The number of pyridine rings is 1. The van der Waals surface area contributed by atoms with Crippen molar-refractivity contribution in [2.45, 2.75) is 33.6 Å². The Balaban J connectivity index is 2.20. The number of rotatable bonds is 4. The average Bonchev–Trinajstić information content (AvgIpc) is 2.85. The number of aromatic nitrogens is 2. The van der Waals surface area contributed by atoms with Crippen LogP contribution in [0.15, 0.2) is 36.5 Å². The molecule has 3 aromatic rings. The van der Waals surface area contributed by atoms with Gasteiger partial charge in [-0.3, -0.25) is 0 Å². The number of hydrogen-bond acceptors (Lipinski definition) is 2. The average molecular weight is 293 g/mol. The standard InChI is InChI=1S/C19H23N3/c1-13-6-9-18-21-19(16-8-7-14(2)15(3)11-16)17(5-4-10-20)22(18)12-13/h6-9,11-12H,4-5,10,20H2,1-3H3. The summed E-state index contributed by atoms with van der Waals surface area (Å²) in [6.07, 6.45) is 4.09. The molecule has 0 radical (unpaired) electrons. The fourth-order valence-electron chi connectivity index (χ4n) is 2.83. The second kappa shape index (κ2) is 5.93. The number of benzene rings is 1. The van der Waals surface area contributed by atoms with Gasteiger partial charge in [0.2, 0.25) is 0 Å². The summed E-state index contributed by atoms with van der Waals surface area (Å²) in [4.78, 5) is 4.87. The van der Waals surface area contributed by atoms with Crippen molar-refractivity contribution in [3.8, 4) is 11.3 Å². The Morgan fingerprint density at radius 3 is 2.59 bits per heavy atom. The molecule has 114 valence electrons. The van der Waals surface area contributed by atoms with Gasteiger partial charge in [0.05, 0.1) is 11.4 Å². The van der Waals surface area contributed by atoms with Gasteiger partial charge in [-0.15, -0.1) is 0 Å². The fraction of sp³-hybridized carbons (Fsp3) is 0.316. The Kier molecular flexibility index (Phi) is 3.99. The molecule has 3 nitrogen and oxygen atoms in total. The van der Waals surface area contributed by atoms with E-state index in [2.05, 4.69) is 61.7 Å². The van der Waals surface area contributed by atoms with Crippen LogP contribution in [0.1, 0.15) is 28.8 Å². The molecule has 0 saturated carbocycles. The van der Waals surface area contributed by atoms with Crippen LogP contribution in [0.4, 0.5) is 0 Å². The van der Waals surface area contributed by atoms with E-state index < -0.39 is 0 Å². The smallest absolute Gasteiger partial charge is 0.137 e. The van der Waals surface area contributed by atoms with Crippen LogP contribution in [0.2, 0.25) is 0 Å². The molecule has 0 fully saturated rings. The lowest BCUT2D eigenvalue weighted by Crippen LogP contribution is -2.03. The molecule has 0 aliphatic heterocycles. The van der Waals surface area contributed by atoms with Crippen LogP contribution in [-0.4, -0.2) is 15.9 Å². The van der Waals surface area contributed by atoms with Crippen LogP contribution in [0.3, 0.4) is 0 Å². The topological polar surface area (TPSA) is 43.3 Å². The molecule has 3 rings (SSSR count). The molecular formula is C19H23N3. The van der Waals surface area contributed by atoms with Crippen molar-refractivity contribution in [1.29, 1.82) is 0 Å². The summed E-state index contributed by atoms with van der Waals surface area (Å²) in [7, 11) is 0. The van der Waals surface area contributed by atoms with E-state index in [-0.39, 0.29) is 0 Å². The van der Waals surface area contributed by atoms with E-state index in [9.17, 15) is 0 Å². The number of imidazole rings is 1. The van der Waals surface area contributed by atoms with E-state index >= 15 is 0 Å². The zero-order valence-corrected chi connectivity index (χ0v) is 13.6. The third-order valence-electron chi connectivity index (χ3n) is 4.26. The maximum absolute atomic E-state index is 5.72. The second-order valence-electron chi connectivity index (χ2n) is 6.03. The van der Waals surface area contributed by atoms with E-state index in [1.54, 1.807) is 0 Å². The van der Waals surface area contributed by atoms with Crippen molar-refractivity contribution in [3.05, 3.63) is 58.9 Å². The monoisotopic (exact) mass is 293 g/mol. The number of hydrogen-bond donors (Lipinski definition) is 1. The lowest BCUT2D eigenvalue weighted by Gasteiger charge is -2.07. The van der Waals surface area contributed by atoms with E-state index in [0.717, 1.165) is 24.2 Å². The van der Waals surface area contributed by atoms with Gasteiger partial charge in [0.25, 0.3) is 0 Å². The molecule has 3 heteroatoms. The molecule has 22 heavy (non-hydrogen) atoms. The molecule has 2 aromatic heterocycles. The molecule has 0 aliphatic carbocycles. The Morgan fingerprint density at radius 2 is 1.86 bits per heavy atom. The summed E-state index contributed by atoms with van der Waals surface area (Å²) < 4.78 is 2.22. The lowest BCUT2D eigenvalue weighted by molar-refractivity contribution is 0.803. The minimum absolute atomic E-state index is 0.700. The lowest BCUT2D eigenvalue weighted by atomic mass is 10.0. The van der Waals surface area contributed by atoms with Gasteiger partial charge in [-0.25, -0.2) is 4.98 Å². The summed E-state index contributed by atoms with van der Waals surface area (Å²) in [6.45, 7) is 7.10. The van der Waals surface area contributed by atoms with Gasteiger partial charge in [0.15, 0.2) is 0 Å². The highest BCUT2D eigenvalue weighted by atomic mass is 15.0. The van der Waals surface area contributed by atoms with Gasteiger partial charge < -0.3 is 10.1 Å². The number of aryl methyl sites for hydroxylation is 4. The zero-order chi connectivity index (χ0) is 15.7. The maximum Gasteiger partial charge on any atom is 0.137 e. The quantitative estimate of drug-likeness (QED) is 0.794. The Morgan fingerprint density at radius 1 is 1.05 bits per heavy atom. The molecule has 0 amide bonds. The molecule has 2 heterocycles. The highest BCUT2D eigenvalue weighted by molar-refractivity contribution is 5.68. The van der Waals surface area contributed by atoms with Gasteiger partial charge in [0.1, 0.15) is 5.65 Å². The van der Waals surface area contributed by atoms with Crippen LogP contribution < -0.4 is 5.73 Å². The Bertz CT molecular complexity index is 815. The highest BCUT2D eigenvalue weighted by Crippen LogP contribution is 2.27. The first-order valence-electron chi connectivity index (χ1n) is 7.85. The first kappa shape index (κ1) is 14.8. The summed E-state index contributed by atoms with van der Waals surface area (Å²) in [5, 5.41) is 0. The summed E-state index contributed by atoms with van der Waals surface area (Å²) in [5.41, 5.74) is 14.1. The third kappa shape index (κ3) is 2.64. The third-order valence-corrected chi connectivity index (χ3v) is 4.26. The Hall–Kier alpha value is -2.13. The van der Waals surface area contributed by atoms with Crippen LogP contribution in [0, 0.1) is 20.8 Å². The van der Waals surface area contributed by atoms with Gasteiger partial charge in [0, 0.05) is 11.8 Å². The molecular weight excluding hydrogens is 270 g/mol. The van der Waals surface area contributed by atoms with E-state index in [1.165, 1.54) is 27.9 Å². The van der Waals surface area contributed by atoms with Gasteiger partial charge in [-0.1, -0.05) is 18.2 Å². The number of nitrogens with zero attached hydrogens (tertiary/aromatic N) is 2. The van der Waals surface area contributed by atoms with Gasteiger partial charge in [-0.05, 0) is 69.0 Å². The molecule has 0 atom stereocenters. The van der Waals surface area contributed by atoms with Crippen molar-refractivity contribution in [2.75, 3.05) is 6.54 Å². The zero-order valence-electron chi connectivity index (χ0n) is 13.6. The predicted octanol–water partition coefficient (Wildman–Crippen LogP) is 3.82. The fourth-order valence-corrected chi connectivity index (χ4v) is 2.83. The predicted molar refractivity (Wildman–Crippen MR) is 92.2 cm³/mol. The number of fused-ring (bicyclic) bond motifs is 1.